The van der Waals surface area contributed by atoms with Crippen molar-refractivity contribution in [3.63, 3.8) is 0 Å². The second-order valence-corrected chi connectivity index (χ2v) is 17.3. The zero-order chi connectivity index (χ0) is 39.4. The van der Waals surface area contributed by atoms with E-state index in [0.29, 0.717) is 13.1 Å². The van der Waals surface area contributed by atoms with Gasteiger partial charge in [0.15, 0.2) is 0 Å². The van der Waals surface area contributed by atoms with Crippen LogP contribution in [0.3, 0.4) is 0 Å². The van der Waals surface area contributed by atoms with Crippen molar-refractivity contribution in [2.45, 2.75) is 54.9 Å². The summed E-state index contributed by atoms with van der Waals surface area (Å²) in [6.07, 6.45) is 7.38. The van der Waals surface area contributed by atoms with E-state index >= 15 is 0 Å². The van der Waals surface area contributed by atoms with E-state index in [-0.39, 0.29) is 10.7 Å². The van der Waals surface area contributed by atoms with Crippen molar-refractivity contribution in [3.8, 4) is 0 Å². The van der Waals surface area contributed by atoms with Gasteiger partial charge in [-0.2, -0.15) is 0 Å². The van der Waals surface area contributed by atoms with Crippen LogP contribution in [0.5, 0.6) is 0 Å². The summed E-state index contributed by atoms with van der Waals surface area (Å²) in [7, 11) is 0. The van der Waals surface area contributed by atoms with Crippen molar-refractivity contribution in [1.29, 1.82) is 0 Å². The van der Waals surface area contributed by atoms with Gasteiger partial charge < -0.3 is 5.32 Å². The molecule has 1 N–H and O–H groups in total. The average Bonchev–Trinajstić information content (AvgIpc) is 3.28. The number of unbranched alkanes of at least 4 members (excludes halogenated alkanes) is 5. The summed E-state index contributed by atoms with van der Waals surface area (Å²) >= 11 is 3.87. The van der Waals surface area contributed by atoms with Crippen molar-refractivity contribution >= 4 is 29.4 Å². The van der Waals surface area contributed by atoms with E-state index in [9.17, 15) is 4.79 Å². The molecule has 1 amide bonds. The lowest BCUT2D eigenvalue weighted by Gasteiger charge is -2.36. The Hall–Kier alpha value is -4.55. The monoisotopic (exact) mass is 790 g/mol. The van der Waals surface area contributed by atoms with Gasteiger partial charge in [0.05, 0.1) is 16.0 Å². The maximum Gasteiger partial charge on any atom is 0.234 e. The highest BCUT2D eigenvalue weighted by atomic mass is 32.2. The maximum atomic E-state index is 13.8. The van der Waals surface area contributed by atoms with Gasteiger partial charge in [0.25, 0.3) is 0 Å². The third kappa shape index (κ3) is 11.1. The topological polar surface area (TPSA) is 32.3 Å². The lowest BCUT2D eigenvalue weighted by molar-refractivity contribution is -0.122. The van der Waals surface area contributed by atoms with Gasteiger partial charge in [-0.25, -0.2) is 0 Å². The van der Waals surface area contributed by atoms with Crippen LogP contribution in [0.25, 0.3) is 0 Å². The summed E-state index contributed by atoms with van der Waals surface area (Å²) < 4.78 is -0.782. The molecule has 0 aliphatic carbocycles. The Balaban J connectivity index is 1.16. The SMILES string of the molecule is CCCCCCCCN(CCSC(c1ccccc1)(c1ccccc1)c1ccccc1)CC(=O)NCCSC(c1ccccc1)(c1ccccc1)c1ccccc1. The smallest absolute Gasteiger partial charge is 0.234 e. The van der Waals surface area contributed by atoms with Crippen LogP contribution in [0.15, 0.2) is 182 Å². The Kier molecular flexibility index (Phi) is 16.5. The second-order valence-electron chi connectivity index (χ2n) is 14.6. The number of benzene rings is 6. The van der Waals surface area contributed by atoms with Crippen molar-refractivity contribution in [2.24, 2.45) is 0 Å². The molecule has 0 bridgehead atoms. The minimum absolute atomic E-state index is 0.0942. The quantitative estimate of drug-likeness (QED) is 0.0518. The summed E-state index contributed by atoms with van der Waals surface area (Å²) in [6.45, 7) is 5.01. The van der Waals surface area contributed by atoms with Crippen LogP contribution >= 0.6 is 23.5 Å². The lowest BCUT2D eigenvalue weighted by Crippen LogP contribution is -2.40. The number of rotatable bonds is 23. The predicted octanol–water partition coefficient (Wildman–Crippen LogP) is 12.2. The number of thioether (sulfide) groups is 2. The molecule has 6 rings (SSSR count). The normalized spacial score (nSPS) is 11.8. The minimum atomic E-state index is -0.404. The van der Waals surface area contributed by atoms with Gasteiger partial charge in [-0.15, -0.1) is 23.5 Å². The molecule has 57 heavy (non-hydrogen) atoms. The molecule has 0 aromatic heterocycles. The molecule has 5 heteroatoms. The van der Waals surface area contributed by atoms with Crippen LogP contribution in [0.2, 0.25) is 0 Å². The van der Waals surface area contributed by atoms with Gasteiger partial charge in [0.2, 0.25) is 5.91 Å². The van der Waals surface area contributed by atoms with Gasteiger partial charge >= 0.3 is 0 Å². The Morgan fingerprint density at radius 1 is 0.456 bits per heavy atom. The first kappa shape index (κ1) is 42.1. The minimum Gasteiger partial charge on any atom is -0.354 e. The van der Waals surface area contributed by atoms with Crippen LogP contribution in [-0.4, -0.2) is 48.5 Å². The zero-order valence-electron chi connectivity index (χ0n) is 33.5. The van der Waals surface area contributed by atoms with Gasteiger partial charge in [-0.3, -0.25) is 9.69 Å². The lowest BCUT2D eigenvalue weighted by atomic mass is 9.84. The van der Waals surface area contributed by atoms with Gasteiger partial charge in [0.1, 0.15) is 0 Å². The maximum absolute atomic E-state index is 13.8. The van der Waals surface area contributed by atoms with Crippen LogP contribution < -0.4 is 5.32 Å². The predicted molar refractivity (Wildman–Crippen MR) is 246 cm³/mol. The highest BCUT2D eigenvalue weighted by Crippen LogP contribution is 2.49. The molecule has 0 aliphatic heterocycles. The molecule has 0 spiro atoms. The molecule has 3 nitrogen and oxygen atoms in total. The molecule has 6 aromatic rings. The van der Waals surface area contributed by atoms with Crippen molar-refractivity contribution < 1.29 is 4.79 Å². The van der Waals surface area contributed by atoms with Gasteiger partial charge in [-0.1, -0.05) is 221 Å². The van der Waals surface area contributed by atoms with Crippen LogP contribution in [-0.2, 0) is 14.3 Å². The van der Waals surface area contributed by atoms with E-state index in [1.54, 1.807) is 0 Å². The number of nitrogens with one attached hydrogen (secondary N) is 1. The van der Waals surface area contributed by atoms with Crippen LogP contribution in [0, 0.1) is 0 Å². The molecular formula is C52H58N2OS2. The first-order valence-electron chi connectivity index (χ1n) is 20.8. The molecule has 0 atom stereocenters. The Labute approximate surface area is 350 Å². The van der Waals surface area contributed by atoms with Crippen molar-refractivity contribution in [2.75, 3.05) is 37.7 Å². The first-order valence-corrected chi connectivity index (χ1v) is 22.7. The first-order chi connectivity index (χ1) is 28.2. The highest BCUT2D eigenvalue weighted by Gasteiger charge is 2.38. The number of carbonyl (C=O) groups excluding carboxylic acids is 1. The highest BCUT2D eigenvalue weighted by molar-refractivity contribution is 8.00. The summed E-state index contributed by atoms with van der Waals surface area (Å²) in [6, 6.07) is 65.1. The van der Waals surface area contributed by atoms with Gasteiger partial charge in [-0.05, 0) is 46.3 Å². The molecule has 294 valence electrons. The van der Waals surface area contributed by atoms with Crippen molar-refractivity contribution in [1.82, 2.24) is 10.2 Å². The molecule has 0 radical (unpaired) electrons. The molecule has 0 heterocycles. The fraction of sp³-hybridized carbons (Fsp3) is 0.288. The average molecular weight is 791 g/mol. The Morgan fingerprint density at radius 3 is 1.16 bits per heavy atom. The van der Waals surface area contributed by atoms with E-state index < -0.39 is 4.75 Å². The molecule has 0 saturated carbocycles. The van der Waals surface area contributed by atoms with E-state index in [1.165, 1.54) is 65.5 Å². The molecular weight excluding hydrogens is 733 g/mol. The second kappa shape index (κ2) is 22.4. The van der Waals surface area contributed by atoms with Crippen molar-refractivity contribution in [3.05, 3.63) is 215 Å². The molecule has 0 unspecified atom stereocenters. The molecule has 0 fully saturated rings. The summed E-state index contributed by atoms with van der Waals surface area (Å²) in [5.74, 6) is 1.74. The third-order valence-electron chi connectivity index (χ3n) is 10.7. The van der Waals surface area contributed by atoms with E-state index in [4.69, 9.17) is 0 Å². The van der Waals surface area contributed by atoms with Crippen LogP contribution in [0.4, 0.5) is 0 Å². The summed E-state index contributed by atoms with van der Waals surface area (Å²) in [5, 5.41) is 3.33. The number of hydrogen-bond donors (Lipinski definition) is 1. The fourth-order valence-corrected chi connectivity index (χ4v) is 10.9. The van der Waals surface area contributed by atoms with Gasteiger partial charge in [0, 0.05) is 24.6 Å². The van der Waals surface area contributed by atoms with E-state index in [1.807, 2.05) is 23.5 Å². The third-order valence-corrected chi connectivity index (χ3v) is 13.8. The molecule has 6 aromatic carbocycles. The number of hydrogen-bond acceptors (Lipinski definition) is 4. The largest absolute Gasteiger partial charge is 0.354 e. The summed E-state index contributed by atoms with van der Waals surface area (Å²) in [5.41, 5.74) is 7.50. The standard InChI is InChI=1S/C52H58N2OS2/c1-2-3-4-5-6-25-39-54(40-42-57-52(47-32-19-10-20-33-47,48-34-21-11-22-35-48)49-36-23-12-24-37-49)43-50(55)53-38-41-56-51(44-26-13-7-14-27-44,45-28-15-8-16-29-45)46-30-17-9-18-31-46/h7-24,26-37H,2-6,25,38-43H2,1H3,(H,53,55). The summed E-state index contributed by atoms with van der Waals surface area (Å²) in [4.78, 5) is 16.2. The number of amides is 1. The van der Waals surface area contributed by atoms with Crippen LogP contribution in [0.1, 0.15) is 78.8 Å². The Morgan fingerprint density at radius 2 is 0.789 bits per heavy atom. The molecule has 0 aliphatic rings. The number of nitrogens with zero attached hydrogens (tertiary/aromatic N) is 1. The fourth-order valence-electron chi connectivity index (χ4n) is 7.90. The van der Waals surface area contributed by atoms with E-state index in [2.05, 4.69) is 199 Å². The Bertz CT molecular complexity index is 1800. The zero-order valence-corrected chi connectivity index (χ0v) is 35.1. The van der Waals surface area contributed by atoms with E-state index in [0.717, 1.165) is 31.0 Å². The number of carbonyl (C=O) groups is 1. The molecule has 0 saturated heterocycles.